The first-order valence-corrected chi connectivity index (χ1v) is 10.3. The zero-order valence-corrected chi connectivity index (χ0v) is 16.6. The number of benzene rings is 2. The van der Waals surface area contributed by atoms with Crippen LogP contribution in [0.4, 0.5) is 11.4 Å². The minimum Gasteiger partial charge on any atom is -0.497 e. The molecule has 0 aliphatic rings. The number of carbonyl (C=O) groups excluding carboxylic acids is 1. The third-order valence-corrected chi connectivity index (χ3v) is 5.10. The molecule has 8 heteroatoms. The highest BCUT2D eigenvalue weighted by Crippen LogP contribution is 2.27. The first-order chi connectivity index (χ1) is 12.8. The average molecular weight is 392 g/mol. The summed E-state index contributed by atoms with van der Waals surface area (Å²) in [6, 6.07) is 12.5. The second kappa shape index (κ2) is 8.77. The number of carbonyl (C=O) groups is 1. The van der Waals surface area contributed by atoms with Crippen molar-refractivity contribution in [1.29, 1.82) is 0 Å². The van der Waals surface area contributed by atoms with Gasteiger partial charge in [0.2, 0.25) is 15.9 Å². The van der Waals surface area contributed by atoms with E-state index in [1.165, 1.54) is 14.0 Å². The lowest BCUT2D eigenvalue weighted by Crippen LogP contribution is -2.45. The van der Waals surface area contributed by atoms with Crippen molar-refractivity contribution in [3.8, 4) is 11.5 Å². The van der Waals surface area contributed by atoms with E-state index in [1.807, 2.05) is 6.92 Å². The molecule has 1 atom stereocenters. The van der Waals surface area contributed by atoms with E-state index in [4.69, 9.17) is 9.47 Å². The number of methoxy groups -OCH3 is 1. The fraction of sp³-hybridized carbons (Fsp3) is 0.316. The summed E-state index contributed by atoms with van der Waals surface area (Å²) >= 11 is 0. The van der Waals surface area contributed by atoms with E-state index in [-0.39, 0.29) is 0 Å². The van der Waals surface area contributed by atoms with Gasteiger partial charge in [0.1, 0.15) is 17.5 Å². The van der Waals surface area contributed by atoms with E-state index < -0.39 is 22.0 Å². The molecule has 0 saturated heterocycles. The highest BCUT2D eigenvalue weighted by Gasteiger charge is 2.29. The number of nitrogens with zero attached hydrogens (tertiary/aromatic N) is 1. The normalized spacial score (nSPS) is 12.1. The molecule has 27 heavy (non-hydrogen) atoms. The molecular weight excluding hydrogens is 368 g/mol. The molecule has 2 aromatic carbocycles. The lowest BCUT2D eigenvalue weighted by molar-refractivity contribution is -0.116. The zero-order chi connectivity index (χ0) is 20.0. The standard InChI is InChI=1S/C19H24N2O5S/c1-5-26-18-9-7-6-8-17(18)20-19(22)14(2)21(27(4,23)24)15-10-12-16(25-3)13-11-15/h6-14H,5H2,1-4H3,(H,20,22)/t14-/m0/s1. The second-order valence-electron chi connectivity index (χ2n) is 5.85. The van der Waals surface area contributed by atoms with Gasteiger partial charge in [0, 0.05) is 0 Å². The van der Waals surface area contributed by atoms with Crippen LogP contribution in [-0.4, -0.2) is 40.3 Å². The Morgan fingerprint density at radius 1 is 1.15 bits per heavy atom. The summed E-state index contributed by atoms with van der Waals surface area (Å²) < 4.78 is 36.4. The SMILES string of the molecule is CCOc1ccccc1NC(=O)[C@H](C)N(c1ccc(OC)cc1)S(C)(=O)=O. The molecule has 7 nitrogen and oxygen atoms in total. The lowest BCUT2D eigenvalue weighted by Gasteiger charge is -2.28. The Labute approximate surface area is 160 Å². The van der Waals surface area contributed by atoms with Gasteiger partial charge in [-0.15, -0.1) is 0 Å². The Bertz CT molecular complexity index is 881. The van der Waals surface area contributed by atoms with Crippen LogP contribution in [0.3, 0.4) is 0 Å². The van der Waals surface area contributed by atoms with Crippen molar-refractivity contribution in [2.45, 2.75) is 19.9 Å². The van der Waals surface area contributed by atoms with Gasteiger partial charge in [-0.25, -0.2) is 8.42 Å². The van der Waals surface area contributed by atoms with Crippen LogP contribution in [0.15, 0.2) is 48.5 Å². The summed E-state index contributed by atoms with van der Waals surface area (Å²) in [5.41, 5.74) is 0.860. The largest absolute Gasteiger partial charge is 0.497 e. The van der Waals surface area contributed by atoms with Crippen molar-refractivity contribution in [2.75, 3.05) is 29.6 Å². The van der Waals surface area contributed by atoms with Crippen molar-refractivity contribution in [3.63, 3.8) is 0 Å². The molecule has 0 aliphatic heterocycles. The maximum atomic E-state index is 12.8. The zero-order valence-electron chi connectivity index (χ0n) is 15.8. The highest BCUT2D eigenvalue weighted by molar-refractivity contribution is 7.92. The Hall–Kier alpha value is -2.74. The minimum atomic E-state index is -3.69. The predicted molar refractivity (Wildman–Crippen MR) is 106 cm³/mol. The molecule has 1 N–H and O–H groups in total. The van der Waals surface area contributed by atoms with Crippen molar-refractivity contribution in [1.82, 2.24) is 0 Å². The molecule has 0 radical (unpaired) electrons. The Kier molecular flexibility index (Phi) is 6.68. The Morgan fingerprint density at radius 2 is 1.78 bits per heavy atom. The molecular formula is C19H24N2O5S. The van der Waals surface area contributed by atoms with E-state index >= 15 is 0 Å². The molecule has 2 aromatic rings. The van der Waals surface area contributed by atoms with Crippen LogP contribution in [0.2, 0.25) is 0 Å². The van der Waals surface area contributed by atoms with Gasteiger partial charge < -0.3 is 14.8 Å². The summed E-state index contributed by atoms with van der Waals surface area (Å²) in [6.07, 6.45) is 1.06. The molecule has 0 saturated carbocycles. The number of rotatable bonds is 8. The summed E-state index contributed by atoms with van der Waals surface area (Å²) in [6.45, 7) is 3.82. The van der Waals surface area contributed by atoms with Crippen molar-refractivity contribution in [3.05, 3.63) is 48.5 Å². The fourth-order valence-electron chi connectivity index (χ4n) is 2.63. The third-order valence-electron chi connectivity index (χ3n) is 3.86. The van der Waals surface area contributed by atoms with Gasteiger partial charge in [0.05, 0.1) is 31.3 Å². The molecule has 0 unspecified atom stereocenters. The second-order valence-corrected chi connectivity index (χ2v) is 7.71. The van der Waals surface area contributed by atoms with E-state index in [9.17, 15) is 13.2 Å². The van der Waals surface area contributed by atoms with Crippen LogP contribution in [0.1, 0.15) is 13.8 Å². The van der Waals surface area contributed by atoms with Crippen LogP contribution in [-0.2, 0) is 14.8 Å². The molecule has 0 heterocycles. The molecule has 0 bridgehead atoms. The van der Waals surface area contributed by atoms with Crippen LogP contribution in [0.25, 0.3) is 0 Å². The molecule has 2 rings (SSSR count). The van der Waals surface area contributed by atoms with Crippen molar-refractivity contribution in [2.24, 2.45) is 0 Å². The molecule has 146 valence electrons. The smallest absolute Gasteiger partial charge is 0.248 e. The summed E-state index contributed by atoms with van der Waals surface area (Å²) in [5, 5.41) is 2.75. The number of sulfonamides is 1. The van der Waals surface area contributed by atoms with E-state index in [2.05, 4.69) is 5.32 Å². The average Bonchev–Trinajstić information content (AvgIpc) is 2.63. The number of ether oxygens (including phenoxy) is 2. The number of anilines is 2. The third kappa shape index (κ3) is 5.13. The quantitative estimate of drug-likeness (QED) is 0.747. The highest BCUT2D eigenvalue weighted by atomic mass is 32.2. The van der Waals surface area contributed by atoms with Crippen LogP contribution in [0.5, 0.6) is 11.5 Å². The summed E-state index contributed by atoms with van der Waals surface area (Å²) in [5.74, 6) is 0.647. The van der Waals surface area contributed by atoms with Crippen LogP contribution >= 0.6 is 0 Å². The van der Waals surface area contributed by atoms with Crippen molar-refractivity contribution < 1.29 is 22.7 Å². The maximum Gasteiger partial charge on any atom is 0.248 e. The number of para-hydroxylation sites is 2. The maximum absolute atomic E-state index is 12.8. The van der Waals surface area contributed by atoms with Crippen molar-refractivity contribution >= 4 is 27.3 Å². The van der Waals surface area contributed by atoms with Gasteiger partial charge in [0.25, 0.3) is 0 Å². The van der Waals surface area contributed by atoms with Gasteiger partial charge in [-0.3, -0.25) is 9.10 Å². The van der Waals surface area contributed by atoms with Crippen LogP contribution < -0.4 is 19.1 Å². The van der Waals surface area contributed by atoms with Gasteiger partial charge in [-0.2, -0.15) is 0 Å². The lowest BCUT2D eigenvalue weighted by atomic mass is 10.2. The van der Waals surface area contributed by atoms with E-state index in [0.717, 1.165) is 10.6 Å². The number of hydrogen-bond acceptors (Lipinski definition) is 5. The predicted octanol–water partition coefficient (Wildman–Crippen LogP) is 2.89. The van der Waals surface area contributed by atoms with E-state index in [0.29, 0.717) is 29.5 Å². The van der Waals surface area contributed by atoms with E-state index in [1.54, 1.807) is 48.5 Å². The monoisotopic (exact) mass is 392 g/mol. The molecule has 0 fully saturated rings. The first kappa shape index (κ1) is 20.6. The van der Waals surface area contributed by atoms with Gasteiger partial charge in [-0.05, 0) is 50.2 Å². The molecule has 1 amide bonds. The molecule has 0 aliphatic carbocycles. The molecule has 0 spiro atoms. The van der Waals surface area contributed by atoms with Gasteiger partial charge >= 0.3 is 0 Å². The number of amides is 1. The Balaban J connectivity index is 2.30. The minimum absolute atomic E-state index is 0.374. The van der Waals surface area contributed by atoms with Gasteiger partial charge in [-0.1, -0.05) is 12.1 Å². The molecule has 0 aromatic heterocycles. The summed E-state index contributed by atoms with van der Waals surface area (Å²) in [7, 11) is -2.17. The fourth-order valence-corrected chi connectivity index (χ4v) is 3.80. The van der Waals surface area contributed by atoms with Gasteiger partial charge in [0.15, 0.2) is 0 Å². The summed E-state index contributed by atoms with van der Waals surface area (Å²) in [4.78, 5) is 12.8. The topological polar surface area (TPSA) is 84.9 Å². The number of hydrogen-bond donors (Lipinski definition) is 1. The van der Waals surface area contributed by atoms with Crippen LogP contribution in [0, 0.1) is 0 Å². The number of nitrogens with one attached hydrogen (secondary N) is 1. The first-order valence-electron chi connectivity index (χ1n) is 8.44. The Morgan fingerprint density at radius 3 is 2.33 bits per heavy atom.